The van der Waals surface area contributed by atoms with Crippen LogP contribution in [-0.4, -0.2) is 37.5 Å². The van der Waals surface area contributed by atoms with Gasteiger partial charge in [0.05, 0.1) is 26.8 Å². The van der Waals surface area contributed by atoms with Gasteiger partial charge in [0.15, 0.2) is 11.5 Å². The first-order chi connectivity index (χ1) is 17.2. The van der Waals surface area contributed by atoms with Crippen molar-refractivity contribution in [2.24, 2.45) is 0 Å². The molecule has 190 valence electrons. The molecular formula is C27H27F3N2O4. The van der Waals surface area contributed by atoms with E-state index in [9.17, 15) is 18.0 Å². The van der Waals surface area contributed by atoms with Crippen molar-refractivity contribution in [3.8, 4) is 17.2 Å². The van der Waals surface area contributed by atoms with Crippen molar-refractivity contribution < 1.29 is 27.4 Å². The number of halogens is 3. The van der Waals surface area contributed by atoms with Crippen LogP contribution in [0.15, 0.2) is 41.2 Å². The molecule has 4 aromatic rings. The second-order valence-electron chi connectivity index (χ2n) is 8.46. The number of pyridine rings is 2. The van der Waals surface area contributed by atoms with E-state index in [0.717, 1.165) is 11.1 Å². The van der Waals surface area contributed by atoms with Crippen LogP contribution in [0.4, 0.5) is 13.2 Å². The summed E-state index contributed by atoms with van der Waals surface area (Å²) >= 11 is 0. The summed E-state index contributed by atoms with van der Waals surface area (Å²) in [6.45, 7) is 1.93. The molecule has 0 radical (unpaired) electrons. The molecule has 6 nitrogen and oxygen atoms in total. The molecule has 4 rings (SSSR count). The molecule has 36 heavy (non-hydrogen) atoms. The van der Waals surface area contributed by atoms with E-state index in [1.807, 2.05) is 6.92 Å². The minimum Gasteiger partial charge on any atom is -0.497 e. The Balaban J connectivity index is 1.93. The van der Waals surface area contributed by atoms with Gasteiger partial charge >= 0.3 is 6.18 Å². The zero-order valence-corrected chi connectivity index (χ0v) is 20.5. The van der Waals surface area contributed by atoms with Gasteiger partial charge < -0.3 is 19.2 Å². The normalized spacial score (nSPS) is 11.8. The summed E-state index contributed by atoms with van der Waals surface area (Å²) < 4.78 is 55.5. The molecule has 2 aromatic carbocycles. The number of nitrogens with zero attached hydrogens (tertiary/aromatic N) is 1. The van der Waals surface area contributed by atoms with E-state index in [1.54, 1.807) is 36.4 Å². The van der Waals surface area contributed by atoms with Crippen LogP contribution in [0.1, 0.15) is 35.9 Å². The van der Waals surface area contributed by atoms with Crippen molar-refractivity contribution in [3.63, 3.8) is 0 Å². The topological polar surface area (TPSA) is 73.4 Å². The number of methoxy groups -OCH3 is 3. The molecule has 0 saturated heterocycles. The Labute approximate surface area is 206 Å². The third-order valence-corrected chi connectivity index (χ3v) is 6.27. The quantitative estimate of drug-likeness (QED) is 0.334. The van der Waals surface area contributed by atoms with E-state index < -0.39 is 12.6 Å². The number of alkyl halides is 3. The number of nitrogens with one attached hydrogen (secondary N) is 1. The number of aromatic amines is 1. The highest BCUT2D eigenvalue weighted by molar-refractivity contribution is 5.91. The fourth-order valence-corrected chi connectivity index (χ4v) is 4.42. The lowest BCUT2D eigenvalue weighted by atomic mass is 9.95. The Morgan fingerprint density at radius 3 is 2.25 bits per heavy atom. The van der Waals surface area contributed by atoms with Gasteiger partial charge in [0.2, 0.25) is 0 Å². The first-order valence-electron chi connectivity index (χ1n) is 11.5. The van der Waals surface area contributed by atoms with Crippen LogP contribution < -0.4 is 19.8 Å². The van der Waals surface area contributed by atoms with Gasteiger partial charge in [-0.3, -0.25) is 9.78 Å². The largest absolute Gasteiger partial charge is 0.497 e. The predicted molar refractivity (Wildman–Crippen MR) is 133 cm³/mol. The van der Waals surface area contributed by atoms with Gasteiger partial charge in [-0.2, -0.15) is 13.2 Å². The molecule has 0 unspecified atom stereocenters. The number of fused-ring (bicyclic) bond motifs is 2. The highest BCUT2D eigenvalue weighted by Gasteiger charge is 2.28. The van der Waals surface area contributed by atoms with E-state index in [1.165, 1.54) is 21.3 Å². The average molecular weight is 501 g/mol. The van der Waals surface area contributed by atoms with E-state index in [2.05, 4.69) is 9.97 Å². The van der Waals surface area contributed by atoms with Crippen molar-refractivity contribution in [3.05, 3.63) is 69.3 Å². The molecular weight excluding hydrogens is 473 g/mol. The van der Waals surface area contributed by atoms with Crippen LogP contribution in [0.3, 0.4) is 0 Å². The summed E-state index contributed by atoms with van der Waals surface area (Å²) in [5.74, 6) is 1.58. The standard InChI is InChI=1S/C27H27F3N2O4/c1-5-21-19-14-25(36-4)24(35-3)13-18(19)20(26(33)32-21)12-16-10-15-11-17(34-2)6-7-22(15)31-23(16)8-9-27(28,29)30/h6-7,10-11,13-14H,5,8-9,12H2,1-4H3,(H,32,33). The predicted octanol–water partition coefficient (Wildman–Crippen LogP) is 5.75. The summed E-state index contributed by atoms with van der Waals surface area (Å²) in [5.41, 5.74) is 2.25. The van der Waals surface area contributed by atoms with E-state index in [-0.39, 0.29) is 18.4 Å². The number of ether oxygens (including phenoxy) is 3. The Bertz CT molecular complexity index is 1480. The maximum atomic E-state index is 13.2. The monoisotopic (exact) mass is 500 g/mol. The highest BCUT2D eigenvalue weighted by atomic mass is 19.4. The first-order valence-corrected chi connectivity index (χ1v) is 11.5. The number of rotatable bonds is 8. The lowest BCUT2D eigenvalue weighted by Gasteiger charge is -2.16. The smallest absolute Gasteiger partial charge is 0.389 e. The molecule has 0 bridgehead atoms. The van der Waals surface area contributed by atoms with Gasteiger partial charge in [-0.05, 0) is 60.2 Å². The van der Waals surface area contributed by atoms with Crippen LogP contribution in [-0.2, 0) is 19.3 Å². The lowest BCUT2D eigenvalue weighted by molar-refractivity contribution is -0.134. The number of H-pyrrole nitrogens is 1. The molecule has 0 aliphatic rings. The fraction of sp³-hybridized carbons (Fsp3) is 0.333. The van der Waals surface area contributed by atoms with E-state index >= 15 is 0 Å². The van der Waals surface area contributed by atoms with E-state index in [4.69, 9.17) is 14.2 Å². The Kier molecular flexibility index (Phi) is 7.10. The summed E-state index contributed by atoms with van der Waals surface area (Å²) in [4.78, 5) is 20.7. The van der Waals surface area contributed by atoms with Crippen molar-refractivity contribution >= 4 is 21.7 Å². The average Bonchev–Trinajstić information content (AvgIpc) is 2.86. The van der Waals surface area contributed by atoms with Gasteiger partial charge in [-0.25, -0.2) is 0 Å². The number of aromatic nitrogens is 2. The molecule has 0 atom stereocenters. The molecule has 0 saturated carbocycles. The second-order valence-corrected chi connectivity index (χ2v) is 8.46. The van der Waals surface area contributed by atoms with Crippen molar-refractivity contribution in [2.45, 2.75) is 38.8 Å². The van der Waals surface area contributed by atoms with Crippen LogP contribution in [0, 0.1) is 0 Å². The van der Waals surface area contributed by atoms with Gasteiger partial charge in [0.25, 0.3) is 5.56 Å². The third-order valence-electron chi connectivity index (χ3n) is 6.27. The Morgan fingerprint density at radius 2 is 1.64 bits per heavy atom. The maximum Gasteiger partial charge on any atom is 0.389 e. The van der Waals surface area contributed by atoms with Crippen LogP contribution >= 0.6 is 0 Å². The highest BCUT2D eigenvalue weighted by Crippen LogP contribution is 2.35. The second kappa shape index (κ2) is 10.1. The van der Waals surface area contributed by atoms with E-state index in [0.29, 0.717) is 56.8 Å². The number of benzene rings is 2. The number of hydrogen-bond donors (Lipinski definition) is 1. The van der Waals surface area contributed by atoms with Gasteiger partial charge in [0, 0.05) is 40.6 Å². The Morgan fingerprint density at radius 1 is 0.944 bits per heavy atom. The molecule has 2 heterocycles. The summed E-state index contributed by atoms with van der Waals surface area (Å²) in [6, 6.07) is 10.5. The molecule has 0 aliphatic carbocycles. The SMILES string of the molecule is CCc1[nH]c(=O)c(Cc2cc3cc(OC)ccc3nc2CCC(F)(F)F)c2cc(OC)c(OC)cc12. The zero-order chi connectivity index (χ0) is 26.0. The van der Waals surface area contributed by atoms with Crippen molar-refractivity contribution in [1.82, 2.24) is 9.97 Å². The summed E-state index contributed by atoms with van der Waals surface area (Å²) in [7, 11) is 4.58. The van der Waals surface area contributed by atoms with Gasteiger partial charge in [-0.15, -0.1) is 0 Å². The molecule has 0 spiro atoms. The maximum absolute atomic E-state index is 13.2. The molecule has 1 N–H and O–H groups in total. The minimum atomic E-state index is -4.33. The molecule has 0 fully saturated rings. The summed E-state index contributed by atoms with van der Waals surface area (Å²) in [5, 5.41) is 2.16. The fourth-order valence-electron chi connectivity index (χ4n) is 4.42. The Hall–Kier alpha value is -3.75. The lowest BCUT2D eigenvalue weighted by Crippen LogP contribution is -2.17. The van der Waals surface area contributed by atoms with Crippen molar-refractivity contribution in [1.29, 1.82) is 0 Å². The molecule has 0 amide bonds. The minimum absolute atomic E-state index is 0.0959. The zero-order valence-electron chi connectivity index (χ0n) is 20.5. The first kappa shape index (κ1) is 25.3. The van der Waals surface area contributed by atoms with Gasteiger partial charge in [-0.1, -0.05) is 6.92 Å². The number of aryl methyl sites for hydroxylation is 2. The number of hydrogen-bond acceptors (Lipinski definition) is 5. The molecule has 0 aliphatic heterocycles. The third kappa shape index (κ3) is 5.10. The van der Waals surface area contributed by atoms with Crippen LogP contribution in [0.5, 0.6) is 17.2 Å². The molecule has 2 aromatic heterocycles. The summed E-state index contributed by atoms with van der Waals surface area (Å²) in [6.07, 6.45) is -4.95. The van der Waals surface area contributed by atoms with Gasteiger partial charge in [0.1, 0.15) is 5.75 Å². The van der Waals surface area contributed by atoms with Crippen LogP contribution in [0.25, 0.3) is 21.7 Å². The molecule has 9 heteroatoms. The van der Waals surface area contributed by atoms with Crippen molar-refractivity contribution in [2.75, 3.05) is 21.3 Å². The van der Waals surface area contributed by atoms with Crippen LogP contribution in [0.2, 0.25) is 0 Å².